The summed E-state index contributed by atoms with van der Waals surface area (Å²) < 4.78 is 0. The first-order chi connectivity index (χ1) is 6.66. The van der Waals surface area contributed by atoms with Crippen LogP contribution in [0.15, 0.2) is 0 Å². The minimum absolute atomic E-state index is 0.00736. The van der Waals surface area contributed by atoms with Crippen LogP contribution in [0, 0.1) is 0 Å². The van der Waals surface area contributed by atoms with E-state index in [0.717, 1.165) is 19.6 Å². The van der Waals surface area contributed by atoms with Crippen molar-refractivity contribution in [3.05, 3.63) is 0 Å². The van der Waals surface area contributed by atoms with E-state index in [9.17, 15) is 4.79 Å². The Labute approximate surface area is 86.0 Å². The first kappa shape index (κ1) is 11.5. The summed E-state index contributed by atoms with van der Waals surface area (Å²) in [7, 11) is 0. The van der Waals surface area contributed by atoms with Crippen LogP contribution in [0.3, 0.4) is 0 Å². The molecule has 4 nitrogen and oxygen atoms in total. The molecule has 2 atom stereocenters. The van der Waals surface area contributed by atoms with Gasteiger partial charge in [0.15, 0.2) is 0 Å². The molecule has 1 unspecified atom stereocenters. The van der Waals surface area contributed by atoms with E-state index in [0.29, 0.717) is 12.6 Å². The van der Waals surface area contributed by atoms with Crippen LogP contribution in [0.4, 0.5) is 0 Å². The van der Waals surface area contributed by atoms with Gasteiger partial charge in [-0.15, -0.1) is 0 Å². The topological polar surface area (TPSA) is 44.4 Å². The maximum absolute atomic E-state index is 11.6. The molecule has 0 spiro atoms. The molecular weight excluding hydrogens is 178 g/mol. The summed E-state index contributed by atoms with van der Waals surface area (Å²) in [6.07, 6.45) is 0. The van der Waals surface area contributed by atoms with Crippen molar-refractivity contribution in [1.82, 2.24) is 15.5 Å². The molecule has 0 bridgehead atoms. The minimum atomic E-state index is -0.00736. The van der Waals surface area contributed by atoms with E-state index >= 15 is 0 Å². The number of rotatable bonds is 3. The summed E-state index contributed by atoms with van der Waals surface area (Å²) in [5.41, 5.74) is 0. The Hall–Kier alpha value is -0.610. The fourth-order valence-corrected chi connectivity index (χ4v) is 1.90. The second-order valence-electron chi connectivity index (χ2n) is 3.86. The molecular formula is C10H21N3O. The lowest BCUT2D eigenvalue weighted by Gasteiger charge is -2.37. The highest BCUT2D eigenvalue weighted by Gasteiger charge is 2.26. The Bertz CT molecular complexity index is 196. The molecule has 0 aromatic carbocycles. The van der Waals surface area contributed by atoms with Gasteiger partial charge < -0.3 is 10.6 Å². The monoisotopic (exact) mass is 199 g/mol. The lowest BCUT2D eigenvalue weighted by atomic mass is 10.1. The maximum atomic E-state index is 11.6. The van der Waals surface area contributed by atoms with Crippen LogP contribution in [0.25, 0.3) is 0 Å². The Morgan fingerprint density at radius 2 is 2.43 bits per heavy atom. The van der Waals surface area contributed by atoms with Gasteiger partial charge >= 0.3 is 0 Å². The molecule has 1 amide bonds. The summed E-state index contributed by atoms with van der Waals surface area (Å²) in [6, 6.07) is 0.438. The number of nitrogens with one attached hydrogen (secondary N) is 2. The van der Waals surface area contributed by atoms with Gasteiger partial charge in [0.25, 0.3) is 0 Å². The zero-order valence-electron chi connectivity index (χ0n) is 9.34. The number of piperazine rings is 1. The molecule has 1 aliphatic heterocycles. The van der Waals surface area contributed by atoms with E-state index in [4.69, 9.17) is 0 Å². The predicted molar refractivity (Wildman–Crippen MR) is 57.2 cm³/mol. The van der Waals surface area contributed by atoms with Crippen LogP contribution >= 0.6 is 0 Å². The number of likely N-dealkylation sites (N-methyl/N-ethyl adjacent to an activating group) is 1. The molecule has 0 aromatic rings. The second kappa shape index (κ2) is 5.32. The molecule has 1 fully saturated rings. The fourth-order valence-electron chi connectivity index (χ4n) is 1.90. The lowest BCUT2D eigenvalue weighted by molar-refractivity contribution is -0.126. The SMILES string of the molecule is CCNC(=O)C(C)N1CCNC[C@@H]1C. The third-order valence-electron chi connectivity index (χ3n) is 2.78. The Morgan fingerprint density at radius 3 is 3.00 bits per heavy atom. The van der Waals surface area contributed by atoms with Gasteiger partial charge in [-0.05, 0) is 20.8 Å². The highest BCUT2D eigenvalue weighted by Crippen LogP contribution is 2.07. The second-order valence-corrected chi connectivity index (χ2v) is 3.86. The number of amides is 1. The van der Waals surface area contributed by atoms with Crippen LogP contribution in [-0.2, 0) is 4.79 Å². The highest BCUT2D eigenvalue weighted by atomic mass is 16.2. The van der Waals surface area contributed by atoms with Gasteiger partial charge in [0.05, 0.1) is 6.04 Å². The summed E-state index contributed by atoms with van der Waals surface area (Å²) >= 11 is 0. The summed E-state index contributed by atoms with van der Waals surface area (Å²) in [5.74, 6) is 0.140. The van der Waals surface area contributed by atoms with Crippen molar-refractivity contribution >= 4 is 5.91 Å². The molecule has 1 rings (SSSR count). The largest absolute Gasteiger partial charge is 0.355 e. The lowest BCUT2D eigenvalue weighted by Crippen LogP contribution is -2.57. The molecule has 2 N–H and O–H groups in total. The quantitative estimate of drug-likeness (QED) is 0.662. The summed E-state index contributed by atoms with van der Waals surface area (Å²) in [6.45, 7) is 9.71. The molecule has 0 radical (unpaired) electrons. The number of hydrogen-bond donors (Lipinski definition) is 2. The number of carbonyl (C=O) groups is 1. The zero-order valence-corrected chi connectivity index (χ0v) is 9.34. The van der Waals surface area contributed by atoms with Gasteiger partial charge in [0.1, 0.15) is 0 Å². The minimum Gasteiger partial charge on any atom is -0.355 e. The molecule has 4 heteroatoms. The molecule has 14 heavy (non-hydrogen) atoms. The van der Waals surface area contributed by atoms with E-state index < -0.39 is 0 Å². The molecule has 0 aliphatic carbocycles. The van der Waals surface area contributed by atoms with Crippen LogP contribution < -0.4 is 10.6 Å². The highest BCUT2D eigenvalue weighted by molar-refractivity contribution is 5.81. The molecule has 82 valence electrons. The summed E-state index contributed by atoms with van der Waals surface area (Å²) in [5, 5.41) is 6.18. The van der Waals surface area contributed by atoms with E-state index in [2.05, 4.69) is 22.5 Å². The van der Waals surface area contributed by atoms with E-state index in [1.165, 1.54) is 0 Å². The Kier molecular flexibility index (Phi) is 4.35. The fraction of sp³-hybridized carbons (Fsp3) is 0.900. The van der Waals surface area contributed by atoms with Crippen LogP contribution in [0.5, 0.6) is 0 Å². The normalized spacial score (nSPS) is 25.8. The number of nitrogens with zero attached hydrogens (tertiary/aromatic N) is 1. The number of carbonyl (C=O) groups excluding carboxylic acids is 1. The van der Waals surface area contributed by atoms with Crippen molar-refractivity contribution in [1.29, 1.82) is 0 Å². The molecule has 1 aliphatic rings. The third-order valence-corrected chi connectivity index (χ3v) is 2.78. The first-order valence-electron chi connectivity index (χ1n) is 5.41. The van der Waals surface area contributed by atoms with Gasteiger partial charge in [-0.3, -0.25) is 9.69 Å². The molecule has 0 aromatic heterocycles. The maximum Gasteiger partial charge on any atom is 0.237 e. The van der Waals surface area contributed by atoms with Gasteiger partial charge in [0, 0.05) is 32.2 Å². The standard InChI is InChI=1S/C10H21N3O/c1-4-12-10(14)9(3)13-6-5-11-7-8(13)2/h8-9,11H,4-7H2,1-3H3,(H,12,14)/t8-,9?/m0/s1. The Morgan fingerprint density at radius 1 is 1.71 bits per heavy atom. The molecule has 1 saturated heterocycles. The summed E-state index contributed by atoms with van der Waals surface area (Å²) in [4.78, 5) is 13.9. The first-order valence-corrected chi connectivity index (χ1v) is 5.41. The van der Waals surface area contributed by atoms with Crippen LogP contribution in [0.2, 0.25) is 0 Å². The smallest absolute Gasteiger partial charge is 0.237 e. The van der Waals surface area contributed by atoms with Crippen molar-refractivity contribution in [2.75, 3.05) is 26.2 Å². The van der Waals surface area contributed by atoms with Gasteiger partial charge in [-0.25, -0.2) is 0 Å². The molecule has 1 heterocycles. The van der Waals surface area contributed by atoms with Gasteiger partial charge in [-0.1, -0.05) is 0 Å². The van der Waals surface area contributed by atoms with Crippen LogP contribution in [0.1, 0.15) is 20.8 Å². The van der Waals surface area contributed by atoms with Gasteiger partial charge in [-0.2, -0.15) is 0 Å². The average molecular weight is 199 g/mol. The van der Waals surface area contributed by atoms with Crippen molar-refractivity contribution in [3.63, 3.8) is 0 Å². The van der Waals surface area contributed by atoms with Crippen molar-refractivity contribution in [2.24, 2.45) is 0 Å². The predicted octanol–water partition coefficient (Wildman–Crippen LogP) is -0.195. The van der Waals surface area contributed by atoms with Gasteiger partial charge in [0.2, 0.25) is 5.91 Å². The van der Waals surface area contributed by atoms with E-state index in [1.807, 2.05) is 13.8 Å². The number of hydrogen-bond acceptors (Lipinski definition) is 3. The van der Waals surface area contributed by atoms with Crippen molar-refractivity contribution in [3.8, 4) is 0 Å². The third kappa shape index (κ3) is 2.69. The van der Waals surface area contributed by atoms with E-state index in [-0.39, 0.29) is 11.9 Å². The molecule has 0 saturated carbocycles. The van der Waals surface area contributed by atoms with Crippen molar-refractivity contribution in [2.45, 2.75) is 32.9 Å². The van der Waals surface area contributed by atoms with Crippen molar-refractivity contribution < 1.29 is 4.79 Å². The van der Waals surface area contributed by atoms with E-state index in [1.54, 1.807) is 0 Å². The van der Waals surface area contributed by atoms with Crippen LogP contribution in [-0.4, -0.2) is 49.1 Å². The average Bonchev–Trinajstić information content (AvgIpc) is 2.18. The Balaban J connectivity index is 2.48. The zero-order chi connectivity index (χ0) is 10.6.